The predicted octanol–water partition coefficient (Wildman–Crippen LogP) is 2.07. The van der Waals surface area contributed by atoms with Gasteiger partial charge in [0.15, 0.2) is 0 Å². The van der Waals surface area contributed by atoms with Gasteiger partial charge >= 0.3 is 11.4 Å². The Morgan fingerprint density at radius 2 is 1.08 bits per heavy atom. The monoisotopic (exact) mass is 331 g/mol. The summed E-state index contributed by atoms with van der Waals surface area (Å²) in [5.74, 6) is 1.42. The van der Waals surface area contributed by atoms with Gasteiger partial charge in [-0.3, -0.25) is 0 Å². The van der Waals surface area contributed by atoms with E-state index in [0.29, 0.717) is 17.5 Å². The van der Waals surface area contributed by atoms with Gasteiger partial charge in [-0.15, -0.1) is 0 Å². The third-order valence-corrected chi connectivity index (χ3v) is 6.32. The first-order valence-corrected chi connectivity index (χ1v) is 8.82. The van der Waals surface area contributed by atoms with Crippen molar-refractivity contribution >= 4 is 0 Å². The Hall–Kier alpha value is -2.82. The van der Waals surface area contributed by atoms with Gasteiger partial charge in [-0.05, 0) is 24.0 Å². The molecule has 5 heteroatoms. The molecule has 0 fully saturated rings. The number of benzene rings is 1. The number of para-hydroxylation sites is 1. The predicted molar refractivity (Wildman–Crippen MR) is 93.7 cm³/mol. The molecule has 25 heavy (non-hydrogen) atoms. The highest BCUT2D eigenvalue weighted by molar-refractivity contribution is 5.33. The summed E-state index contributed by atoms with van der Waals surface area (Å²) < 4.78 is 4.71. The van der Waals surface area contributed by atoms with Crippen molar-refractivity contribution in [3.63, 3.8) is 0 Å². The van der Waals surface area contributed by atoms with Crippen LogP contribution in [-0.4, -0.2) is 13.9 Å². The molecule has 0 spiro atoms. The van der Waals surface area contributed by atoms with Gasteiger partial charge in [0.05, 0.1) is 17.8 Å². The highest BCUT2D eigenvalue weighted by Crippen LogP contribution is 2.53. The molecule has 124 valence electrons. The molecule has 4 bridgehead atoms. The molecule has 0 saturated heterocycles. The van der Waals surface area contributed by atoms with Crippen LogP contribution >= 0.6 is 0 Å². The van der Waals surface area contributed by atoms with Crippen LogP contribution in [0.25, 0.3) is 5.69 Å². The van der Waals surface area contributed by atoms with Crippen molar-refractivity contribution in [2.75, 3.05) is 0 Å². The van der Waals surface area contributed by atoms with Crippen LogP contribution in [0, 0.1) is 23.7 Å². The minimum atomic E-state index is -0.239. The van der Waals surface area contributed by atoms with Crippen molar-refractivity contribution < 1.29 is 0 Å². The minimum Gasteiger partial charge on any atom is -0.245 e. The molecule has 0 amide bonds. The van der Waals surface area contributed by atoms with E-state index in [0.717, 1.165) is 0 Å². The molecule has 0 saturated carbocycles. The molecule has 2 aliphatic carbocycles. The van der Waals surface area contributed by atoms with E-state index in [1.165, 1.54) is 4.57 Å². The van der Waals surface area contributed by atoms with Gasteiger partial charge in [-0.2, -0.15) is 0 Å². The van der Waals surface area contributed by atoms with Gasteiger partial charge in [-0.1, -0.05) is 54.7 Å². The van der Waals surface area contributed by atoms with Crippen molar-refractivity contribution in [2.24, 2.45) is 23.7 Å². The lowest BCUT2D eigenvalue weighted by Gasteiger charge is -2.50. The van der Waals surface area contributed by atoms with Gasteiger partial charge in [0, 0.05) is 11.8 Å². The summed E-state index contributed by atoms with van der Waals surface area (Å²) in [7, 11) is 0. The summed E-state index contributed by atoms with van der Waals surface area (Å²) in [6.07, 6.45) is 13.3. The summed E-state index contributed by atoms with van der Waals surface area (Å²) in [6.45, 7) is 0. The van der Waals surface area contributed by atoms with Crippen LogP contribution in [-0.2, 0) is 0 Å². The standard InChI is InChI=1S/C20H17N3O2/c24-19-21(12-4-2-1-3-5-12)20(25)23-18-11-10-17(22(19)23)15-8-9-16(18)14-7-6-13(14)15/h1-11,13-18H/t13-,14-,15+,16+,17+,18+/m1/s1. The molecule has 0 radical (unpaired) electrons. The second kappa shape index (κ2) is 4.42. The third kappa shape index (κ3) is 1.50. The van der Waals surface area contributed by atoms with Gasteiger partial charge in [0.25, 0.3) is 0 Å². The SMILES string of the molecule is O=c1n(-c2ccccc2)c(=O)n2n1[C@H]1C=C[C@H]2[C@H]2C=C[C@H]1[C@@H]1C=C[C@H]12. The lowest BCUT2D eigenvalue weighted by Crippen LogP contribution is -2.50. The fourth-order valence-corrected chi connectivity index (χ4v) is 5.12. The number of allylic oxidation sites excluding steroid dienone is 6. The zero-order valence-corrected chi connectivity index (χ0v) is 13.5. The summed E-state index contributed by atoms with van der Waals surface area (Å²) in [5, 5.41) is 0. The van der Waals surface area contributed by atoms with E-state index in [-0.39, 0.29) is 35.3 Å². The molecular formula is C20H17N3O2. The van der Waals surface area contributed by atoms with Crippen LogP contribution in [0.5, 0.6) is 0 Å². The summed E-state index contributed by atoms with van der Waals surface area (Å²) in [5.41, 5.74) is 0.151. The average molecular weight is 331 g/mol. The van der Waals surface area contributed by atoms with E-state index in [2.05, 4.69) is 36.5 Å². The molecule has 2 aromatic rings. The molecule has 6 rings (SSSR count). The highest BCUT2D eigenvalue weighted by atomic mass is 16.2. The summed E-state index contributed by atoms with van der Waals surface area (Å²) in [6, 6.07) is 9.01. The van der Waals surface area contributed by atoms with E-state index in [1.807, 2.05) is 30.3 Å². The Morgan fingerprint density at radius 1 is 0.600 bits per heavy atom. The van der Waals surface area contributed by atoms with Crippen molar-refractivity contribution in [2.45, 2.75) is 12.1 Å². The van der Waals surface area contributed by atoms with E-state index in [9.17, 15) is 9.59 Å². The van der Waals surface area contributed by atoms with E-state index in [1.54, 1.807) is 9.36 Å². The van der Waals surface area contributed by atoms with Crippen molar-refractivity contribution in [3.8, 4) is 5.69 Å². The number of aromatic nitrogens is 3. The Morgan fingerprint density at radius 3 is 1.56 bits per heavy atom. The van der Waals surface area contributed by atoms with Crippen molar-refractivity contribution in [1.29, 1.82) is 0 Å². The number of nitrogens with zero attached hydrogens (tertiary/aromatic N) is 3. The molecule has 6 atom stereocenters. The minimum absolute atomic E-state index is 0.101. The molecule has 0 N–H and O–H groups in total. The Balaban J connectivity index is 1.66. The average Bonchev–Trinajstić information content (AvgIpc) is 2.85. The molecular weight excluding hydrogens is 314 g/mol. The maximum atomic E-state index is 13.2. The first kappa shape index (κ1) is 13.5. The van der Waals surface area contributed by atoms with Crippen LogP contribution in [0.2, 0.25) is 0 Å². The fraction of sp³-hybridized carbons (Fsp3) is 0.300. The lowest BCUT2D eigenvalue weighted by atomic mass is 9.59. The highest BCUT2D eigenvalue weighted by Gasteiger charge is 2.49. The number of hydrogen-bond donors (Lipinski definition) is 0. The Bertz CT molecular complexity index is 1020. The molecule has 4 aliphatic rings. The third-order valence-electron chi connectivity index (χ3n) is 6.32. The first-order valence-electron chi connectivity index (χ1n) is 8.82. The van der Waals surface area contributed by atoms with Crippen LogP contribution in [0.15, 0.2) is 76.4 Å². The van der Waals surface area contributed by atoms with E-state index in [4.69, 9.17) is 0 Å². The van der Waals surface area contributed by atoms with Gasteiger partial charge in [0.2, 0.25) is 0 Å². The van der Waals surface area contributed by atoms with Crippen LogP contribution < -0.4 is 11.4 Å². The quantitative estimate of drug-likeness (QED) is 0.751. The molecule has 0 unspecified atom stereocenters. The van der Waals surface area contributed by atoms with Gasteiger partial charge in [-0.25, -0.2) is 23.5 Å². The van der Waals surface area contributed by atoms with Crippen molar-refractivity contribution in [1.82, 2.24) is 13.9 Å². The Kier molecular flexibility index (Phi) is 2.38. The molecule has 1 aromatic carbocycles. The smallest absolute Gasteiger partial charge is 0.245 e. The van der Waals surface area contributed by atoms with E-state index >= 15 is 0 Å². The van der Waals surface area contributed by atoms with Crippen LogP contribution in [0.4, 0.5) is 0 Å². The second-order valence-corrected chi connectivity index (χ2v) is 7.37. The topological polar surface area (TPSA) is 48.9 Å². The summed E-state index contributed by atoms with van der Waals surface area (Å²) >= 11 is 0. The molecule has 5 nitrogen and oxygen atoms in total. The van der Waals surface area contributed by atoms with Crippen LogP contribution in [0.1, 0.15) is 12.1 Å². The molecule has 1 aromatic heterocycles. The first-order chi connectivity index (χ1) is 12.3. The van der Waals surface area contributed by atoms with Gasteiger partial charge in [0.1, 0.15) is 0 Å². The normalized spacial score (nSPS) is 35.8. The van der Waals surface area contributed by atoms with Gasteiger partial charge < -0.3 is 0 Å². The second-order valence-electron chi connectivity index (χ2n) is 7.37. The molecule has 3 heterocycles. The lowest BCUT2D eigenvalue weighted by molar-refractivity contribution is 0.118. The largest absolute Gasteiger partial charge is 0.352 e. The van der Waals surface area contributed by atoms with Crippen LogP contribution in [0.3, 0.4) is 0 Å². The number of rotatable bonds is 1. The Labute approximate surface area is 143 Å². The zero-order chi connectivity index (χ0) is 16.7. The zero-order valence-electron chi connectivity index (χ0n) is 13.5. The summed E-state index contributed by atoms with van der Waals surface area (Å²) in [4.78, 5) is 26.4. The maximum absolute atomic E-state index is 13.2. The van der Waals surface area contributed by atoms with E-state index < -0.39 is 0 Å². The maximum Gasteiger partial charge on any atom is 0.352 e. The number of hydrogen-bond acceptors (Lipinski definition) is 2. The fourth-order valence-electron chi connectivity index (χ4n) is 5.12. The van der Waals surface area contributed by atoms with Crippen molar-refractivity contribution in [3.05, 3.63) is 87.8 Å². The number of fused-ring (bicyclic) bond motifs is 2. The molecule has 2 aliphatic heterocycles.